The molecule has 0 spiro atoms. The van der Waals surface area contributed by atoms with Crippen LogP contribution >= 0.6 is 0 Å². The molecular weight excluding hydrogens is 292 g/mol. The maximum atomic E-state index is 11.7. The molecule has 1 heterocycles. The Morgan fingerprint density at radius 3 is 1.83 bits per heavy atom. The van der Waals surface area contributed by atoms with Gasteiger partial charge in [0.05, 0.1) is 5.92 Å². The van der Waals surface area contributed by atoms with Crippen LogP contribution in [0, 0.1) is 11.8 Å². The van der Waals surface area contributed by atoms with Crippen molar-refractivity contribution in [1.29, 1.82) is 0 Å². The molecule has 0 aliphatic heterocycles. The van der Waals surface area contributed by atoms with Crippen LogP contribution in [-0.2, 0) is 16.1 Å². The number of nitrogens with one attached hydrogen (secondary N) is 1. The van der Waals surface area contributed by atoms with Gasteiger partial charge in [-0.3, -0.25) is 14.6 Å². The Bertz CT molecular complexity index is 441. The number of carbonyl (C=O) groups is 2. The van der Waals surface area contributed by atoms with Crippen molar-refractivity contribution >= 4 is 11.9 Å². The molecule has 0 atom stereocenters. The van der Waals surface area contributed by atoms with Crippen LogP contribution < -0.4 is 5.32 Å². The van der Waals surface area contributed by atoms with E-state index in [4.69, 9.17) is 5.11 Å². The normalized spacial score (nSPS) is 10.2. The second-order valence-corrected chi connectivity index (χ2v) is 5.44. The van der Waals surface area contributed by atoms with Gasteiger partial charge in [0.15, 0.2) is 0 Å². The summed E-state index contributed by atoms with van der Waals surface area (Å²) in [5.74, 6) is -0.506. The van der Waals surface area contributed by atoms with E-state index in [1.165, 1.54) is 0 Å². The van der Waals surface area contributed by atoms with Crippen LogP contribution in [-0.4, -0.2) is 22.0 Å². The number of aromatic nitrogens is 1. The molecule has 0 saturated carbocycles. The third-order valence-electron chi connectivity index (χ3n) is 3.91. The van der Waals surface area contributed by atoms with Gasteiger partial charge < -0.3 is 10.4 Å². The van der Waals surface area contributed by atoms with Crippen LogP contribution in [0.1, 0.15) is 58.9 Å². The molecule has 23 heavy (non-hydrogen) atoms. The number of rotatable bonds is 8. The van der Waals surface area contributed by atoms with Crippen molar-refractivity contribution < 1.29 is 14.7 Å². The number of carboxylic acids is 1. The lowest BCUT2D eigenvalue weighted by atomic mass is 10.0. The van der Waals surface area contributed by atoms with E-state index >= 15 is 0 Å². The highest BCUT2D eigenvalue weighted by molar-refractivity contribution is 5.78. The summed E-state index contributed by atoms with van der Waals surface area (Å²) in [7, 11) is 0. The highest BCUT2D eigenvalue weighted by Gasteiger charge is 2.13. The van der Waals surface area contributed by atoms with E-state index in [9.17, 15) is 9.59 Å². The molecule has 0 bridgehead atoms. The zero-order valence-corrected chi connectivity index (χ0v) is 14.7. The van der Waals surface area contributed by atoms with Gasteiger partial charge in [0.1, 0.15) is 0 Å². The van der Waals surface area contributed by atoms with Crippen molar-refractivity contribution in [2.75, 3.05) is 0 Å². The first-order chi connectivity index (χ1) is 11.0. The number of carbonyl (C=O) groups excluding carboxylic acids is 1. The fraction of sp³-hybridized carbons (Fsp3) is 0.611. The SMILES string of the molecule is CCC(CC)C(=O)NCc1ccncc1.CCC(CC)C(=O)O. The molecule has 0 unspecified atom stereocenters. The van der Waals surface area contributed by atoms with E-state index in [0.29, 0.717) is 6.54 Å². The van der Waals surface area contributed by atoms with Crippen molar-refractivity contribution in [3.05, 3.63) is 30.1 Å². The van der Waals surface area contributed by atoms with Gasteiger partial charge in [-0.25, -0.2) is 0 Å². The van der Waals surface area contributed by atoms with Crippen molar-refractivity contribution in [2.24, 2.45) is 11.8 Å². The van der Waals surface area contributed by atoms with Crippen molar-refractivity contribution in [2.45, 2.75) is 59.9 Å². The zero-order valence-electron chi connectivity index (χ0n) is 14.7. The number of carboxylic acid groups (broad SMARTS) is 1. The molecule has 0 aromatic carbocycles. The highest BCUT2D eigenvalue weighted by Crippen LogP contribution is 2.07. The lowest BCUT2D eigenvalue weighted by Crippen LogP contribution is -2.29. The van der Waals surface area contributed by atoms with Crippen molar-refractivity contribution in [3.8, 4) is 0 Å². The molecular formula is C18H30N2O3. The minimum atomic E-state index is -0.671. The van der Waals surface area contributed by atoms with E-state index in [1.807, 2.05) is 39.8 Å². The van der Waals surface area contributed by atoms with Crippen LogP contribution in [0.5, 0.6) is 0 Å². The van der Waals surface area contributed by atoms with E-state index in [0.717, 1.165) is 31.2 Å². The summed E-state index contributed by atoms with van der Waals surface area (Å²) in [5.41, 5.74) is 1.09. The summed E-state index contributed by atoms with van der Waals surface area (Å²) in [6.07, 6.45) is 6.76. The molecule has 1 aromatic rings. The Balaban J connectivity index is 0.000000515. The second-order valence-electron chi connectivity index (χ2n) is 5.44. The first-order valence-corrected chi connectivity index (χ1v) is 8.39. The molecule has 0 fully saturated rings. The number of pyridine rings is 1. The molecule has 1 aromatic heterocycles. The summed E-state index contributed by atoms with van der Waals surface area (Å²) in [6, 6.07) is 3.82. The zero-order chi connectivity index (χ0) is 17.7. The molecule has 0 aliphatic carbocycles. The third-order valence-corrected chi connectivity index (χ3v) is 3.91. The maximum Gasteiger partial charge on any atom is 0.306 e. The summed E-state index contributed by atoms with van der Waals surface area (Å²) in [4.78, 5) is 25.7. The van der Waals surface area contributed by atoms with Crippen molar-refractivity contribution in [3.63, 3.8) is 0 Å². The van der Waals surface area contributed by atoms with Gasteiger partial charge in [0.2, 0.25) is 5.91 Å². The molecule has 130 valence electrons. The predicted octanol–water partition coefficient (Wildman–Crippen LogP) is 3.64. The van der Waals surface area contributed by atoms with E-state index in [1.54, 1.807) is 12.4 Å². The molecule has 2 N–H and O–H groups in total. The average molecular weight is 322 g/mol. The minimum absolute atomic E-state index is 0.130. The largest absolute Gasteiger partial charge is 0.481 e. The quantitative estimate of drug-likeness (QED) is 0.766. The van der Waals surface area contributed by atoms with E-state index in [-0.39, 0.29) is 17.7 Å². The maximum absolute atomic E-state index is 11.7. The predicted molar refractivity (Wildman–Crippen MR) is 91.9 cm³/mol. The monoisotopic (exact) mass is 322 g/mol. The number of amides is 1. The van der Waals surface area contributed by atoms with Crippen LogP contribution in [0.3, 0.4) is 0 Å². The molecule has 1 amide bonds. The molecule has 5 heteroatoms. The van der Waals surface area contributed by atoms with Gasteiger partial charge in [0.25, 0.3) is 0 Å². The summed E-state index contributed by atoms with van der Waals surface area (Å²) in [6.45, 7) is 8.46. The van der Waals surface area contributed by atoms with Gasteiger partial charge in [-0.15, -0.1) is 0 Å². The van der Waals surface area contributed by atoms with Gasteiger partial charge in [-0.05, 0) is 43.4 Å². The standard InChI is InChI=1S/C12H18N2O.C6H12O2/c1-3-11(4-2)12(15)14-9-10-5-7-13-8-6-10;1-3-5(4-2)6(7)8/h5-8,11H,3-4,9H2,1-2H3,(H,14,15);5H,3-4H2,1-2H3,(H,7,8). The van der Waals surface area contributed by atoms with Gasteiger partial charge >= 0.3 is 5.97 Å². The smallest absolute Gasteiger partial charge is 0.306 e. The molecule has 0 radical (unpaired) electrons. The van der Waals surface area contributed by atoms with E-state index in [2.05, 4.69) is 10.3 Å². The van der Waals surface area contributed by atoms with Crippen LogP contribution in [0.15, 0.2) is 24.5 Å². The number of hydrogen-bond acceptors (Lipinski definition) is 3. The molecule has 5 nitrogen and oxygen atoms in total. The van der Waals surface area contributed by atoms with E-state index < -0.39 is 5.97 Å². The van der Waals surface area contributed by atoms with Crippen molar-refractivity contribution in [1.82, 2.24) is 10.3 Å². The second kappa shape index (κ2) is 12.6. The number of nitrogens with zero attached hydrogens (tertiary/aromatic N) is 1. The first kappa shape index (κ1) is 21.1. The number of hydrogen-bond donors (Lipinski definition) is 2. The Morgan fingerprint density at radius 2 is 1.48 bits per heavy atom. The van der Waals surface area contributed by atoms with Crippen LogP contribution in [0.25, 0.3) is 0 Å². The Labute approximate surface area is 139 Å². The molecule has 0 aliphatic rings. The average Bonchev–Trinajstić information content (AvgIpc) is 2.56. The van der Waals surface area contributed by atoms with Crippen LogP contribution in [0.2, 0.25) is 0 Å². The fourth-order valence-corrected chi connectivity index (χ4v) is 2.13. The lowest BCUT2D eigenvalue weighted by Gasteiger charge is -2.12. The fourth-order valence-electron chi connectivity index (χ4n) is 2.13. The summed E-state index contributed by atoms with van der Waals surface area (Å²) >= 11 is 0. The number of aliphatic carboxylic acids is 1. The Hall–Kier alpha value is -1.91. The van der Waals surface area contributed by atoms with Gasteiger partial charge in [0, 0.05) is 24.9 Å². The summed E-state index contributed by atoms with van der Waals surface area (Å²) < 4.78 is 0. The summed E-state index contributed by atoms with van der Waals surface area (Å²) in [5, 5.41) is 11.3. The third kappa shape index (κ3) is 8.96. The van der Waals surface area contributed by atoms with Crippen LogP contribution in [0.4, 0.5) is 0 Å². The molecule has 0 saturated heterocycles. The molecule has 1 rings (SSSR count). The first-order valence-electron chi connectivity index (χ1n) is 8.39. The highest BCUT2D eigenvalue weighted by atomic mass is 16.4. The minimum Gasteiger partial charge on any atom is -0.481 e. The van der Waals surface area contributed by atoms with Gasteiger partial charge in [-0.1, -0.05) is 27.7 Å². The lowest BCUT2D eigenvalue weighted by molar-refractivity contribution is -0.141. The topological polar surface area (TPSA) is 79.3 Å². The van der Waals surface area contributed by atoms with Gasteiger partial charge in [-0.2, -0.15) is 0 Å². The Kier molecular flexibility index (Phi) is 11.6. The Morgan fingerprint density at radius 1 is 1.00 bits per heavy atom.